The molecule has 0 fully saturated rings. The molecule has 0 bridgehead atoms. The van der Waals surface area contributed by atoms with E-state index in [0.717, 1.165) is 6.54 Å². The Morgan fingerprint density at radius 3 is 2.67 bits per heavy atom. The number of nitrogens with zero attached hydrogens (tertiary/aromatic N) is 1. The van der Waals surface area contributed by atoms with Gasteiger partial charge in [-0.15, -0.1) is 0 Å². The van der Waals surface area contributed by atoms with E-state index in [1.54, 1.807) is 7.11 Å². The molecular formula is C14H15BrF2N2O2. The summed E-state index contributed by atoms with van der Waals surface area (Å²) in [6.45, 7) is 1.99. The highest BCUT2D eigenvalue weighted by atomic mass is 79.9. The van der Waals surface area contributed by atoms with Crippen LogP contribution < -0.4 is 5.32 Å². The first-order chi connectivity index (χ1) is 10.1. The summed E-state index contributed by atoms with van der Waals surface area (Å²) in [4.78, 5) is 4.03. The number of ether oxygens (including phenoxy) is 1. The molecule has 0 saturated heterocycles. The highest BCUT2D eigenvalue weighted by molar-refractivity contribution is 9.10. The van der Waals surface area contributed by atoms with E-state index in [4.69, 9.17) is 9.15 Å². The molecule has 0 saturated carbocycles. The van der Waals surface area contributed by atoms with Crippen molar-refractivity contribution in [1.82, 2.24) is 10.3 Å². The molecule has 4 nitrogen and oxygen atoms in total. The van der Waals surface area contributed by atoms with Gasteiger partial charge in [-0.05, 0) is 12.1 Å². The molecule has 1 heterocycles. The number of rotatable bonds is 7. The van der Waals surface area contributed by atoms with Gasteiger partial charge in [0.1, 0.15) is 11.6 Å². The first-order valence-electron chi connectivity index (χ1n) is 6.41. The second-order valence-electron chi connectivity index (χ2n) is 4.36. The van der Waals surface area contributed by atoms with Crippen molar-refractivity contribution >= 4 is 15.9 Å². The minimum Gasteiger partial charge on any atom is -0.440 e. The Morgan fingerprint density at radius 1 is 1.29 bits per heavy atom. The number of nitrogens with one attached hydrogen (secondary N) is 1. The van der Waals surface area contributed by atoms with Gasteiger partial charge in [0, 0.05) is 31.1 Å². The fraction of sp³-hybridized carbons (Fsp3) is 0.357. The van der Waals surface area contributed by atoms with Crippen LogP contribution in [0.3, 0.4) is 0 Å². The number of hydrogen-bond donors (Lipinski definition) is 1. The van der Waals surface area contributed by atoms with Crippen LogP contribution in [0.15, 0.2) is 27.2 Å². The lowest BCUT2D eigenvalue weighted by Gasteiger charge is -2.03. The summed E-state index contributed by atoms with van der Waals surface area (Å²) in [5.41, 5.74) is -0.204. The topological polar surface area (TPSA) is 47.3 Å². The number of aromatic nitrogens is 1. The Bertz CT molecular complexity index is 581. The van der Waals surface area contributed by atoms with Gasteiger partial charge in [0.05, 0.1) is 18.4 Å². The minimum atomic E-state index is -0.692. The number of hydrogen-bond acceptors (Lipinski definition) is 4. The molecular weight excluding hydrogens is 346 g/mol. The van der Waals surface area contributed by atoms with Crippen molar-refractivity contribution in [2.75, 3.05) is 26.8 Å². The molecule has 2 aromatic rings. The molecule has 114 valence electrons. The molecule has 0 aliphatic heterocycles. The van der Waals surface area contributed by atoms with Crippen LogP contribution in [-0.2, 0) is 11.2 Å². The third-order valence-electron chi connectivity index (χ3n) is 2.81. The predicted octanol–water partition coefficient (Wildman–Crippen LogP) is 3.16. The number of oxazole rings is 1. The summed E-state index contributed by atoms with van der Waals surface area (Å²) in [7, 11) is 1.63. The zero-order chi connectivity index (χ0) is 15.2. The van der Waals surface area contributed by atoms with Crippen LogP contribution in [0.1, 0.15) is 5.89 Å². The lowest BCUT2D eigenvalue weighted by Crippen LogP contribution is -2.21. The van der Waals surface area contributed by atoms with Gasteiger partial charge in [-0.25, -0.2) is 13.8 Å². The number of methoxy groups -OCH3 is 1. The van der Waals surface area contributed by atoms with Crippen LogP contribution in [0.25, 0.3) is 11.3 Å². The van der Waals surface area contributed by atoms with Crippen molar-refractivity contribution in [1.29, 1.82) is 0 Å². The van der Waals surface area contributed by atoms with E-state index in [2.05, 4.69) is 26.2 Å². The average molecular weight is 361 g/mol. The Kier molecular flexibility index (Phi) is 5.84. The summed E-state index contributed by atoms with van der Waals surface area (Å²) in [6, 6.07) is 2.37. The number of halogens is 3. The Hall–Kier alpha value is -1.31. The molecule has 0 atom stereocenters. The standard InChI is InChI=1S/C14H15BrF2N2O2/c1-20-5-4-18-3-2-13-19-8-12(21-13)14-10(16)6-9(15)7-11(14)17/h6-8,18H,2-5H2,1H3. The fourth-order valence-electron chi connectivity index (χ4n) is 1.81. The Labute approximate surface area is 129 Å². The van der Waals surface area contributed by atoms with Gasteiger partial charge in [-0.2, -0.15) is 0 Å². The summed E-state index contributed by atoms with van der Waals surface area (Å²) in [5.74, 6) is -0.869. The van der Waals surface area contributed by atoms with Crippen molar-refractivity contribution in [2.24, 2.45) is 0 Å². The average Bonchev–Trinajstić information content (AvgIpc) is 2.86. The SMILES string of the molecule is COCCNCCc1ncc(-c2c(F)cc(Br)cc2F)o1. The molecule has 0 aliphatic carbocycles. The molecule has 7 heteroatoms. The van der Waals surface area contributed by atoms with Gasteiger partial charge in [0.15, 0.2) is 11.7 Å². The molecule has 0 spiro atoms. The quantitative estimate of drug-likeness (QED) is 0.770. The van der Waals surface area contributed by atoms with E-state index in [-0.39, 0.29) is 11.3 Å². The van der Waals surface area contributed by atoms with Crippen LogP contribution in [0.2, 0.25) is 0 Å². The predicted molar refractivity (Wildman–Crippen MR) is 78.0 cm³/mol. The highest BCUT2D eigenvalue weighted by Crippen LogP contribution is 2.29. The van der Waals surface area contributed by atoms with Gasteiger partial charge in [-0.3, -0.25) is 0 Å². The molecule has 1 N–H and O–H groups in total. The monoisotopic (exact) mass is 360 g/mol. The molecule has 0 radical (unpaired) electrons. The number of benzene rings is 1. The minimum absolute atomic E-state index is 0.0874. The lowest BCUT2D eigenvalue weighted by molar-refractivity contribution is 0.199. The van der Waals surface area contributed by atoms with Gasteiger partial charge >= 0.3 is 0 Å². The molecule has 1 aromatic carbocycles. The van der Waals surface area contributed by atoms with Gasteiger partial charge in [0.2, 0.25) is 0 Å². The maximum Gasteiger partial charge on any atom is 0.196 e. The van der Waals surface area contributed by atoms with Crippen molar-refractivity contribution in [3.63, 3.8) is 0 Å². The molecule has 0 unspecified atom stereocenters. The third-order valence-corrected chi connectivity index (χ3v) is 3.26. The second-order valence-corrected chi connectivity index (χ2v) is 5.27. The summed E-state index contributed by atoms with van der Waals surface area (Å²) < 4.78 is 38.3. The van der Waals surface area contributed by atoms with Gasteiger partial charge in [-0.1, -0.05) is 15.9 Å². The first-order valence-corrected chi connectivity index (χ1v) is 7.20. The van der Waals surface area contributed by atoms with Gasteiger partial charge < -0.3 is 14.5 Å². The van der Waals surface area contributed by atoms with Crippen LogP contribution in [0, 0.1) is 11.6 Å². The van der Waals surface area contributed by atoms with E-state index in [0.29, 0.717) is 29.9 Å². The summed E-state index contributed by atoms with van der Waals surface area (Å²) >= 11 is 3.03. The van der Waals surface area contributed by atoms with Crippen LogP contribution in [0.4, 0.5) is 8.78 Å². The molecule has 21 heavy (non-hydrogen) atoms. The van der Waals surface area contributed by atoms with E-state index in [1.165, 1.54) is 18.3 Å². The Balaban J connectivity index is 2.03. The summed E-state index contributed by atoms with van der Waals surface area (Å²) in [5, 5.41) is 3.13. The van der Waals surface area contributed by atoms with Crippen molar-refractivity contribution in [2.45, 2.75) is 6.42 Å². The highest BCUT2D eigenvalue weighted by Gasteiger charge is 2.17. The van der Waals surface area contributed by atoms with Crippen molar-refractivity contribution < 1.29 is 17.9 Å². The first kappa shape index (κ1) is 16.1. The van der Waals surface area contributed by atoms with E-state index < -0.39 is 11.6 Å². The second kappa shape index (κ2) is 7.63. The van der Waals surface area contributed by atoms with Crippen LogP contribution >= 0.6 is 15.9 Å². The smallest absolute Gasteiger partial charge is 0.196 e. The van der Waals surface area contributed by atoms with Gasteiger partial charge in [0.25, 0.3) is 0 Å². The molecule has 2 rings (SSSR count). The molecule has 1 aromatic heterocycles. The zero-order valence-corrected chi connectivity index (χ0v) is 13.0. The third kappa shape index (κ3) is 4.33. The van der Waals surface area contributed by atoms with E-state index in [1.807, 2.05) is 0 Å². The fourth-order valence-corrected chi connectivity index (χ4v) is 2.22. The lowest BCUT2D eigenvalue weighted by atomic mass is 10.1. The van der Waals surface area contributed by atoms with Crippen LogP contribution in [0.5, 0.6) is 0 Å². The zero-order valence-electron chi connectivity index (χ0n) is 11.5. The Morgan fingerprint density at radius 2 is 2.00 bits per heavy atom. The van der Waals surface area contributed by atoms with E-state index in [9.17, 15) is 8.78 Å². The maximum absolute atomic E-state index is 13.8. The molecule has 0 amide bonds. The van der Waals surface area contributed by atoms with Crippen molar-refractivity contribution in [3.8, 4) is 11.3 Å². The molecule has 0 aliphatic rings. The largest absolute Gasteiger partial charge is 0.440 e. The normalized spacial score (nSPS) is 11.0. The van der Waals surface area contributed by atoms with Crippen molar-refractivity contribution in [3.05, 3.63) is 40.3 Å². The maximum atomic E-state index is 13.8. The summed E-state index contributed by atoms with van der Waals surface area (Å²) in [6.07, 6.45) is 1.86. The van der Waals surface area contributed by atoms with Crippen LogP contribution in [-0.4, -0.2) is 31.8 Å². The van der Waals surface area contributed by atoms with E-state index >= 15 is 0 Å².